The number of nitrogens with one attached hydrogen (secondary N) is 1. The normalized spacial score (nSPS) is 14.1. The smallest absolute Gasteiger partial charge is 0.224 e. The molecule has 5 nitrogen and oxygen atoms in total. The molecule has 1 aliphatic heterocycles. The van der Waals surface area contributed by atoms with Crippen molar-refractivity contribution in [3.05, 3.63) is 53.6 Å². The Labute approximate surface area is 165 Å². The number of carbonyl (C=O) groups is 1. The van der Waals surface area contributed by atoms with Crippen molar-refractivity contribution < 1.29 is 9.53 Å². The van der Waals surface area contributed by atoms with Crippen molar-refractivity contribution in [2.75, 3.05) is 49.5 Å². The third kappa shape index (κ3) is 5.54. The summed E-state index contributed by atoms with van der Waals surface area (Å²) in [6.07, 6.45) is 0.490. The summed E-state index contributed by atoms with van der Waals surface area (Å²) in [6, 6.07) is 15.7. The highest BCUT2D eigenvalue weighted by Gasteiger charge is 2.21. The van der Waals surface area contributed by atoms with E-state index in [1.165, 1.54) is 0 Å². The minimum Gasteiger partial charge on any atom is -0.494 e. The summed E-state index contributed by atoms with van der Waals surface area (Å²) < 4.78 is 5.43. The van der Waals surface area contributed by atoms with Crippen molar-refractivity contribution in [3.63, 3.8) is 0 Å². The summed E-state index contributed by atoms with van der Waals surface area (Å²) in [5.74, 6) is 1.05. The number of amides is 1. The molecule has 1 heterocycles. The lowest BCUT2D eigenvalue weighted by atomic mass is 10.2. The van der Waals surface area contributed by atoms with Gasteiger partial charge in [0.2, 0.25) is 5.91 Å². The van der Waals surface area contributed by atoms with Crippen LogP contribution in [0, 0.1) is 0 Å². The van der Waals surface area contributed by atoms with Crippen molar-refractivity contribution in [1.29, 1.82) is 0 Å². The van der Waals surface area contributed by atoms with E-state index >= 15 is 0 Å². The lowest BCUT2D eigenvalue weighted by Crippen LogP contribution is -2.49. The summed E-state index contributed by atoms with van der Waals surface area (Å²) in [7, 11) is 0. The maximum absolute atomic E-state index is 12.5. The Hall–Kier alpha value is -2.40. The van der Waals surface area contributed by atoms with E-state index in [9.17, 15) is 4.79 Å². The van der Waals surface area contributed by atoms with Gasteiger partial charge in [0.1, 0.15) is 5.75 Å². The molecule has 3 rings (SSSR count). The summed E-state index contributed by atoms with van der Waals surface area (Å²) in [5, 5.41) is 4.04. The van der Waals surface area contributed by atoms with Crippen molar-refractivity contribution in [2.45, 2.75) is 13.3 Å². The van der Waals surface area contributed by atoms with Gasteiger partial charge in [-0.25, -0.2) is 0 Å². The number of hydrogen-bond donors (Lipinski definition) is 1. The number of nitrogens with zero attached hydrogens (tertiary/aromatic N) is 2. The fourth-order valence-corrected chi connectivity index (χ4v) is 3.38. The van der Waals surface area contributed by atoms with Gasteiger partial charge in [-0.3, -0.25) is 4.79 Å². The van der Waals surface area contributed by atoms with Gasteiger partial charge in [-0.15, -0.1) is 0 Å². The maximum Gasteiger partial charge on any atom is 0.224 e. The Morgan fingerprint density at radius 3 is 2.52 bits per heavy atom. The van der Waals surface area contributed by atoms with Crippen LogP contribution in [0.3, 0.4) is 0 Å². The zero-order valence-corrected chi connectivity index (χ0v) is 16.4. The van der Waals surface area contributed by atoms with Crippen LogP contribution in [-0.2, 0) is 4.79 Å². The van der Waals surface area contributed by atoms with E-state index in [1.54, 1.807) is 0 Å². The second-order valence-electron chi connectivity index (χ2n) is 6.48. The van der Waals surface area contributed by atoms with E-state index in [2.05, 4.69) is 16.3 Å². The minimum atomic E-state index is 0.194. The maximum atomic E-state index is 12.5. The first kappa shape index (κ1) is 19.4. The van der Waals surface area contributed by atoms with Crippen LogP contribution in [0.15, 0.2) is 48.5 Å². The molecule has 1 fully saturated rings. The highest BCUT2D eigenvalue weighted by molar-refractivity contribution is 6.30. The SMILES string of the molecule is CCOc1ccc(NCCC(=O)N2CCN(c3cccc(Cl)c3)CC2)cc1. The fourth-order valence-electron chi connectivity index (χ4n) is 3.19. The van der Waals surface area contributed by atoms with Gasteiger partial charge in [0, 0.05) is 55.5 Å². The largest absolute Gasteiger partial charge is 0.494 e. The summed E-state index contributed by atoms with van der Waals surface area (Å²) in [6.45, 7) is 6.40. The monoisotopic (exact) mass is 387 g/mol. The van der Waals surface area contributed by atoms with Gasteiger partial charge in [0.15, 0.2) is 0 Å². The van der Waals surface area contributed by atoms with Crippen molar-refractivity contribution >= 4 is 28.9 Å². The van der Waals surface area contributed by atoms with Crippen LogP contribution in [0.4, 0.5) is 11.4 Å². The number of rotatable bonds is 7. The van der Waals surface area contributed by atoms with Crippen molar-refractivity contribution in [2.24, 2.45) is 0 Å². The van der Waals surface area contributed by atoms with Gasteiger partial charge < -0.3 is 19.9 Å². The molecule has 0 radical (unpaired) electrons. The number of anilines is 2. The molecular weight excluding hydrogens is 362 g/mol. The van der Waals surface area contributed by atoms with Gasteiger partial charge >= 0.3 is 0 Å². The van der Waals surface area contributed by atoms with Crippen LogP contribution in [0.25, 0.3) is 0 Å². The molecule has 0 unspecified atom stereocenters. The predicted molar refractivity (Wildman–Crippen MR) is 111 cm³/mol. The molecule has 0 atom stereocenters. The van der Waals surface area contributed by atoms with E-state index in [-0.39, 0.29) is 5.91 Å². The van der Waals surface area contributed by atoms with Crippen LogP contribution in [0.2, 0.25) is 5.02 Å². The molecule has 6 heteroatoms. The Morgan fingerprint density at radius 2 is 1.85 bits per heavy atom. The van der Waals surface area contributed by atoms with Gasteiger partial charge in [0.25, 0.3) is 0 Å². The second-order valence-corrected chi connectivity index (χ2v) is 6.92. The molecule has 0 bridgehead atoms. The van der Waals surface area contributed by atoms with E-state index in [0.717, 1.165) is 48.3 Å². The number of benzene rings is 2. The zero-order chi connectivity index (χ0) is 19.1. The fraction of sp³-hybridized carbons (Fsp3) is 0.381. The van der Waals surface area contributed by atoms with E-state index in [1.807, 2.05) is 54.3 Å². The molecule has 2 aromatic rings. The van der Waals surface area contributed by atoms with Gasteiger partial charge in [-0.1, -0.05) is 17.7 Å². The van der Waals surface area contributed by atoms with E-state index in [4.69, 9.17) is 16.3 Å². The molecule has 0 aliphatic carbocycles. The van der Waals surface area contributed by atoms with Crippen LogP contribution in [-0.4, -0.2) is 50.1 Å². The molecule has 144 valence electrons. The second kappa shape index (κ2) is 9.51. The van der Waals surface area contributed by atoms with Crippen molar-refractivity contribution in [3.8, 4) is 5.75 Å². The lowest BCUT2D eigenvalue weighted by molar-refractivity contribution is -0.131. The highest BCUT2D eigenvalue weighted by Crippen LogP contribution is 2.21. The van der Waals surface area contributed by atoms with Crippen LogP contribution in [0.1, 0.15) is 13.3 Å². The van der Waals surface area contributed by atoms with Crippen LogP contribution in [0.5, 0.6) is 5.75 Å². The third-order valence-corrected chi connectivity index (χ3v) is 4.87. The van der Waals surface area contributed by atoms with Crippen LogP contribution < -0.4 is 15.0 Å². The van der Waals surface area contributed by atoms with Crippen molar-refractivity contribution in [1.82, 2.24) is 4.90 Å². The quantitative estimate of drug-likeness (QED) is 0.782. The van der Waals surface area contributed by atoms with E-state index < -0.39 is 0 Å². The zero-order valence-electron chi connectivity index (χ0n) is 15.7. The standard InChI is InChI=1S/C21H26ClN3O2/c1-2-27-20-8-6-18(7-9-20)23-11-10-21(26)25-14-12-24(13-15-25)19-5-3-4-17(22)16-19/h3-9,16,23H,2,10-15H2,1H3. The first-order valence-corrected chi connectivity index (χ1v) is 9.78. The molecule has 1 saturated heterocycles. The van der Waals surface area contributed by atoms with Crippen LogP contribution >= 0.6 is 11.6 Å². The minimum absolute atomic E-state index is 0.194. The molecule has 2 aromatic carbocycles. The molecule has 0 saturated carbocycles. The molecule has 1 aliphatic rings. The number of ether oxygens (including phenoxy) is 1. The molecule has 0 aromatic heterocycles. The molecule has 1 amide bonds. The molecule has 1 N–H and O–H groups in total. The Kier molecular flexibility index (Phi) is 6.82. The Bertz CT molecular complexity index is 743. The average molecular weight is 388 g/mol. The Morgan fingerprint density at radius 1 is 1.11 bits per heavy atom. The molecule has 0 spiro atoms. The lowest BCUT2D eigenvalue weighted by Gasteiger charge is -2.36. The number of hydrogen-bond acceptors (Lipinski definition) is 4. The van der Waals surface area contributed by atoms with Gasteiger partial charge in [0.05, 0.1) is 6.61 Å². The number of piperazine rings is 1. The first-order valence-electron chi connectivity index (χ1n) is 9.40. The Balaban J connectivity index is 1.40. The third-order valence-electron chi connectivity index (χ3n) is 4.64. The summed E-state index contributed by atoms with van der Waals surface area (Å²) in [5.41, 5.74) is 2.11. The average Bonchev–Trinajstić information content (AvgIpc) is 2.69. The van der Waals surface area contributed by atoms with E-state index in [0.29, 0.717) is 19.6 Å². The topological polar surface area (TPSA) is 44.8 Å². The first-order chi connectivity index (χ1) is 13.2. The summed E-state index contributed by atoms with van der Waals surface area (Å²) in [4.78, 5) is 16.7. The van der Waals surface area contributed by atoms with Gasteiger partial charge in [-0.2, -0.15) is 0 Å². The number of halogens is 1. The highest BCUT2D eigenvalue weighted by atomic mass is 35.5. The summed E-state index contributed by atoms with van der Waals surface area (Å²) >= 11 is 6.07. The van der Waals surface area contributed by atoms with Gasteiger partial charge in [-0.05, 0) is 49.4 Å². The molecular formula is C21H26ClN3O2. The number of carbonyl (C=O) groups excluding carboxylic acids is 1. The predicted octanol–water partition coefficient (Wildman–Crippen LogP) is 3.89. The molecule has 27 heavy (non-hydrogen) atoms.